The van der Waals surface area contributed by atoms with Crippen LogP contribution in [0.2, 0.25) is 0 Å². The smallest absolute Gasteiger partial charge is 0.229 e. The molecule has 4 rings (SSSR count). The maximum Gasteiger partial charge on any atom is 0.229 e. The highest BCUT2D eigenvalue weighted by atomic mass is 32.1. The van der Waals surface area contributed by atoms with Gasteiger partial charge in [-0.25, -0.2) is 4.98 Å². The van der Waals surface area contributed by atoms with E-state index < -0.39 is 0 Å². The summed E-state index contributed by atoms with van der Waals surface area (Å²) in [5, 5.41) is 4.90. The molecule has 5 nitrogen and oxygen atoms in total. The van der Waals surface area contributed by atoms with Crippen molar-refractivity contribution >= 4 is 34.0 Å². The number of anilines is 1. The summed E-state index contributed by atoms with van der Waals surface area (Å²) in [5.41, 5.74) is 3.41. The first-order valence-corrected chi connectivity index (χ1v) is 8.38. The predicted molar refractivity (Wildman–Crippen MR) is 96.0 cm³/mol. The minimum absolute atomic E-state index is 0.0243. The highest BCUT2D eigenvalue weighted by Crippen LogP contribution is 2.22. The normalized spacial score (nSPS) is 10.8. The average molecular weight is 334 g/mol. The minimum atomic E-state index is -0.0243. The number of benzene rings is 1. The maximum absolute atomic E-state index is 12.1. The number of aromatic amines is 1. The highest BCUT2D eigenvalue weighted by molar-refractivity contribution is 7.10. The van der Waals surface area contributed by atoms with Crippen LogP contribution in [-0.2, 0) is 11.2 Å². The second-order valence-electron chi connectivity index (χ2n) is 5.36. The number of pyridine rings is 1. The monoisotopic (exact) mass is 334 g/mol. The number of nitrogens with zero attached hydrogens (tertiary/aromatic N) is 2. The molecule has 0 aliphatic heterocycles. The molecular weight excluding hydrogens is 320 g/mol. The lowest BCUT2D eigenvalue weighted by molar-refractivity contribution is -0.115. The van der Waals surface area contributed by atoms with Crippen LogP contribution in [0.5, 0.6) is 0 Å². The Hall–Kier alpha value is -2.99. The first kappa shape index (κ1) is 14.6. The number of carbonyl (C=O) groups is 1. The second kappa shape index (κ2) is 6.25. The number of hydrogen-bond donors (Lipinski definition) is 2. The van der Waals surface area contributed by atoms with E-state index in [1.165, 1.54) is 0 Å². The minimum Gasteiger partial charge on any atom is -0.338 e. The average Bonchev–Trinajstić information content (AvgIpc) is 3.24. The number of amides is 1. The molecular formula is C18H14N4OS. The molecule has 0 saturated heterocycles. The van der Waals surface area contributed by atoms with Gasteiger partial charge in [0.15, 0.2) is 0 Å². The Kier molecular flexibility index (Phi) is 3.80. The van der Waals surface area contributed by atoms with Gasteiger partial charge in [0.1, 0.15) is 5.82 Å². The van der Waals surface area contributed by atoms with Crippen molar-refractivity contribution in [2.24, 2.45) is 0 Å². The molecule has 0 unspecified atom stereocenters. The fourth-order valence-electron chi connectivity index (χ4n) is 2.50. The van der Waals surface area contributed by atoms with Crippen LogP contribution in [0.25, 0.3) is 22.4 Å². The summed E-state index contributed by atoms with van der Waals surface area (Å²) in [7, 11) is 0. The molecule has 118 valence electrons. The highest BCUT2D eigenvalue weighted by Gasteiger charge is 2.08. The zero-order valence-electron chi connectivity index (χ0n) is 12.7. The Balaban J connectivity index is 1.56. The molecule has 0 aliphatic carbocycles. The summed E-state index contributed by atoms with van der Waals surface area (Å²) in [5.74, 6) is 0.740. The number of fused-ring (bicyclic) bond motifs is 1. The molecule has 0 fully saturated rings. The van der Waals surface area contributed by atoms with Gasteiger partial charge in [0.25, 0.3) is 0 Å². The first-order valence-electron chi connectivity index (χ1n) is 7.50. The zero-order chi connectivity index (χ0) is 16.4. The summed E-state index contributed by atoms with van der Waals surface area (Å²) in [6, 6.07) is 13.4. The fourth-order valence-corrected chi connectivity index (χ4v) is 3.21. The largest absolute Gasteiger partial charge is 0.338 e. The Labute approximate surface area is 142 Å². The third-order valence-corrected chi connectivity index (χ3v) is 4.49. The van der Waals surface area contributed by atoms with E-state index in [1.807, 2.05) is 47.8 Å². The topological polar surface area (TPSA) is 70.7 Å². The molecule has 2 N–H and O–H groups in total. The molecule has 1 aromatic carbocycles. The van der Waals surface area contributed by atoms with Crippen molar-refractivity contribution in [3.63, 3.8) is 0 Å². The number of imidazole rings is 1. The first-order chi connectivity index (χ1) is 11.8. The number of H-pyrrole nitrogens is 1. The number of aromatic nitrogens is 3. The number of hydrogen-bond acceptors (Lipinski definition) is 4. The SMILES string of the molecule is O=C(Cc1cccs1)Nc1ccc2nc(-c3cccnc3)[nH]c2c1. The maximum atomic E-state index is 12.1. The van der Waals surface area contributed by atoms with Gasteiger partial charge in [0.2, 0.25) is 5.91 Å². The third-order valence-electron chi connectivity index (χ3n) is 3.62. The fraction of sp³-hybridized carbons (Fsp3) is 0.0556. The summed E-state index contributed by atoms with van der Waals surface area (Å²) in [6.07, 6.45) is 3.88. The van der Waals surface area contributed by atoms with Crippen LogP contribution in [0.3, 0.4) is 0 Å². The lowest BCUT2D eigenvalue weighted by atomic mass is 10.2. The van der Waals surface area contributed by atoms with Gasteiger partial charge in [-0.15, -0.1) is 11.3 Å². The summed E-state index contributed by atoms with van der Waals surface area (Å²) in [6.45, 7) is 0. The van der Waals surface area contributed by atoms with Gasteiger partial charge in [-0.2, -0.15) is 0 Å². The molecule has 6 heteroatoms. The summed E-state index contributed by atoms with van der Waals surface area (Å²) < 4.78 is 0. The Bertz CT molecular complexity index is 977. The predicted octanol–water partition coefficient (Wildman–Crippen LogP) is 3.87. The van der Waals surface area contributed by atoms with Crippen LogP contribution in [0, 0.1) is 0 Å². The molecule has 0 aliphatic rings. The summed E-state index contributed by atoms with van der Waals surface area (Å²) >= 11 is 1.58. The van der Waals surface area contributed by atoms with Crippen molar-refractivity contribution in [1.82, 2.24) is 15.0 Å². The molecule has 3 aromatic heterocycles. The lowest BCUT2D eigenvalue weighted by Crippen LogP contribution is -2.13. The van der Waals surface area contributed by atoms with E-state index in [9.17, 15) is 4.79 Å². The molecule has 4 aromatic rings. The van der Waals surface area contributed by atoms with E-state index in [-0.39, 0.29) is 5.91 Å². The molecule has 3 heterocycles. The van der Waals surface area contributed by atoms with Crippen molar-refractivity contribution in [1.29, 1.82) is 0 Å². The van der Waals surface area contributed by atoms with E-state index in [0.29, 0.717) is 6.42 Å². The van der Waals surface area contributed by atoms with E-state index in [2.05, 4.69) is 20.3 Å². The molecule has 0 bridgehead atoms. The van der Waals surface area contributed by atoms with Gasteiger partial charge in [-0.1, -0.05) is 6.07 Å². The number of rotatable bonds is 4. The molecule has 24 heavy (non-hydrogen) atoms. The van der Waals surface area contributed by atoms with Crippen LogP contribution in [0.1, 0.15) is 4.88 Å². The van der Waals surface area contributed by atoms with Gasteiger partial charge in [-0.05, 0) is 41.8 Å². The Morgan fingerprint density at radius 1 is 1.21 bits per heavy atom. The zero-order valence-corrected chi connectivity index (χ0v) is 13.5. The van der Waals surface area contributed by atoms with E-state index in [4.69, 9.17) is 0 Å². The standard InChI is InChI=1S/C18H14N4OS/c23-17(10-14-4-2-8-24-14)20-13-5-6-15-16(9-13)22-18(21-15)12-3-1-7-19-11-12/h1-9,11H,10H2,(H,20,23)(H,21,22). The van der Waals surface area contributed by atoms with Crippen LogP contribution >= 0.6 is 11.3 Å². The Morgan fingerprint density at radius 2 is 2.17 bits per heavy atom. The van der Waals surface area contributed by atoms with Crippen LogP contribution in [-0.4, -0.2) is 20.9 Å². The van der Waals surface area contributed by atoms with Gasteiger partial charge in [0, 0.05) is 28.5 Å². The van der Waals surface area contributed by atoms with Crippen LogP contribution < -0.4 is 5.32 Å². The van der Waals surface area contributed by atoms with Gasteiger partial charge >= 0.3 is 0 Å². The van der Waals surface area contributed by atoms with Crippen molar-refractivity contribution in [2.75, 3.05) is 5.32 Å². The van der Waals surface area contributed by atoms with Gasteiger partial charge in [0.05, 0.1) is 17.5 Å². The van der Waals surface area contributed by atoms with E-state index in [1.54, 1.807) is 23.7 Å². The molecule has 0 atom stereocenters. The van der Waals surface area contributed by atoms with Crippen LogP contribution in [0.15, 0.2) is 60.2 Å². The Morgan fingerprint density at radius 3 is 2.96 bits per heavy atom. The lowest BCUT2D eigenvalue weighted by Gasteiger charge is -2.04. The molecule has 0 spiro atoms. The number of carbonyl (C=O) groups excluding carboxylic acids is 1. The van der Waals surface area contributed by atoms with Crippen LogP contribution in [0.4, 0.5) is 5.69 Å². The molecule has 0 saturated carbocycles. The van der Waals surface area contributed by atoms with Gasteiger partial charge < -0.3 is 10.3 Å². The number of thiophene rings is 1. The van der Waals surface area contributed by atoms with Gasteiger partial charge in [-0.3, -0.25) is 9.78 Å². The second-order valence-corrected chi connectivity index (χ2v) is 6.40. The van der Waals surface area contributed by atoms with Crippen molar-refractivity contribution < 1.29 is 4.79 Å². The number of nitrogens with one attached hydrogen (secondary N) is 2. The van der Waals surface area contributed by atoms with Crippen molar-refractivity contribution in [3.05, 3.63) is 65.1 Å². The van der Waals surface area contributed by atoms with Crippen molar-refractivity contribution in [3.8, 4) is 11.4 Å². The summed E-state index contributed by atoms with van der Waals surface area (Å²) in [4.78, 5) is 25.1. The van der Waals surface area contributed by atoms with Crippen molar-refractivity contribution in [2.45, 2.75) is 6.42 Å². The quantitative estimate of drug-likeness (QED) is 0.595. The van der Waals surface area contributed by atoms with E-state index in [0.717, 1.165) is 33.0 Å². The third kappa shape index (κ3) is 3.04. The molecule has 1 amide bonds. The molecule has 0 radical (unpaired) electrons. The van der Waals surface area contributed by atoms with E-state index >= 15 is 0 Å².